The first-order valence-electron chi connectivity index (χ1n) is 10.5. The Bertz CT molecular complexity index is 1060. The van der Waals surface area contributed by atoms with Crippen LogP contribution in [0.1, 0.15) is 35.2 Å². The molecule has 1 aliphatic heterocycles. The molecule has 3 rings (SSSR count). The van der Waals surface area contributed by atoms with E-state index in [9.17, 15) is 19.5 Å². The number of hydrogen-bond acceptors (Lipinski definition) is 8. The molecule has 2 aromatic rings. The number of carboxylic acids is 1. The number of guanidine groups is 1. The first-order valence-corrected chi connectivity index (χ1v) is 10.5. The van der Waals surface area contributed by atoms with Crippen molar-refractivity contribution in [3.63, 3.8) is 0 Å². The Hall–Kier alpha value is -4.19. The summed E-state index contributed by atoms with van der Waals surface area (Å²) in [6.07, 6.45) is 2.70. The molecule has 0 fully saturated rings. The zero-order valence-electron chi connectivity index (χ0n) is 18.3. The highest BCUT2D eigenvalue weighted by Gasteiger charge is 2.31. The molecule has 0 radical (unpaired) electrons. The van der Waals surface area contributed by atoms with Crippen LogP contribution >= 0.6 is 0 Å². The number of aliphatic imine (C=N–C) groups is 1. The smallest absolute Gasteiger partial charge is 0.328 e. The molecular formula is C22H26N6O6. The number of pyridine rings is 1. The average Bonchev–Trinajstić information content (AvgIpc) is 3.28. The van der Waals surface area contributed by atoms with Gasteiger partial charge in [0, 0.05) is 31.0 Å². The molecule has 34 heavy (non-hydrogen) atoms. The molecule has 2 heterocycles. The standard InChI is InChI=1S/C22H26N6O6/c23-22(24)26-8-2-4-16(21(31)32)28(20(30)10-17(29)15-3-1-7-25-12-15)27-11-14-5-6-18-19(9-14)34-13-33-18/h1,3,5-7,9,12,16,27H,2,4,8,10-11,13H2,(H,31,32)(H4,23,24,26)/t16-/m0/s1. The van der Waals surface area contributed by atoms with Crippen molar-refractivity contribution in [1.82, 2.24) is 15.4 Å². The molecule has 0 saturated heterocycles. The van der Waals surface area contributed by atoms with E-state index in [4.69, 9.17) is 20.9 Å². The normalized spacial score (nSPS) is 12.6. The highest BCUT2D eigenvalue weighted by Crippen LogP contribution is 2.32. The van der Waals surface area contributed by atoms with Gasteiger partial charge in [-0.2, -0.15) is 0 Å². The zero-order chi connectivity index (χ0) is 24.5. The van der Waals surface area contributed by atoms with Crippen LogP contribution in [0.15, 0.2) is 47.7 Å². The van der Waals surface area contributed by atoms with Gasteiger partial charge >= 0.3 is 5.97 Å². The van der Waals surface area contributed by atoms with E-state index in [-0.39, 0.29) is 37.8 Å². The van der Waals surface area contributed by atoms with Gasteiger partial charge in [-0.25, -0.2) is 10.2 Å². The predicted octanol–water partition coefficient (Wildman–Crippen LogP) is 0.423. The van der Waals surface area contributed by atoms with Gasteiger partial charge in [0.15, 0.2) is 23.2 Å². The van der Waals surface area contributed by atoms with E-state index >= 15 is 0 Å². The van der Waals surface area contributed by atoms with Crippen molar-refractivity contribution < 1.29 is 29.0 Å². The van der Waals surface area contributed by atoms with Crippen LogP contribution in [0, 0.1) is 0 Å². The predicted molar refractivity (Wildman–Crippen MR) is 121 cm³/mol. The molecule has 1 atom stereocenters. The Morgan fingerprint density at radius 1 is 1.21 bits per heavy atom. The van der Waals surface area contributed by atoms with E-state index in [0.717, 1.165) is 10.6 Å². The molecule has 12 nitrogen and oxygen atoms in total. The quantitative estimate of drug-likeness (QED) is 0.0847. The largest absolute Gasteiger partial charge is 0.480 e. The second kappa shape index (κ2) is 11.6. The minimum absolute atomic E-state index is 0.0626. The number of aromatic nitrogens is 1. The molecule has 1 aromatic heterocycles. The molecule has 6 N–H and O–H groups in total. The van der Waals surface area contributed by atoms with E-state index in [1.54, 1.807) is 24.3 Å². The monoisotopic (exact) mass is 470 g/mol. The number of ether oxygens (including phenoxy) is 2. The Morgan fingerprint density at radius 3 is 2.71 bits per heavy atom. The number of hydrogen-bond donors (Lipinski definition) is 4. The maximum absolute atomic E-state index is 13.1. The topological polar surface area (TPSA) is 182 Å². The van der Waals surface area contributed by atoms with Crippen LogP contribution in [0.2, 0.25) is 0 Å². The van der Waals surface area contributed by atoms with Gasteiger partial charge < -0.3 is 26.0 Å². The number of fused-ring (bicyclic) bond motifs is 1. The number of carbonyl (C=O) groups is 3. The van der Waals surface area contributed by atoms with Gasteiger partial charge in [-0.3, -0.25) is 24.6 Å². The average molecular weight is 470 g/mol. The number of nitrogens with one attached hydrogen (secondary N) is 1. The number of Topliss-reactive ketones (excluding diaryl/α,β-unsaturated/α-hetero) is 1. The highest BCUT2D eigenvalue weighted by molar-refractivity contribution is 6.07. The van der Waals surface area contributed by atoms with Crippen LogP contribution in [-0.2, 0) is 16.1 Å². The van der Waals surface area contributed by atoms with Crippen molar-refractivity contribution in [3.8, 4) is 11.5 Å². The van der Waals surface area contributed by atoms with Crippen molar-refractivity contribution in [2.24, 2.45) is 16.5 Å². The van der Waals surface area contributed by atoms with Crippen molar-refractivity contribution >= 4 is 23.6 Å². The number of hydrazine groups is 1. The third-order valence-corrected chi connectivity index (χ3v) is 4.98. The molecule has 0 saturated carbocycles. The van der Waals surface area contributed by atoms with Crippen molar-refractivity contribution in [3.05, 3.63) is 53.9 Å². The van der Waals surface area contributed by atoms with Crippen LogP contribution < -0.4 is 26.4 Å². The second-order valence-electron chi connectivity index (χ2n) is 7.43. The minimum atomic E-state index is -1.25. The first kappa shape index (κ1) is 24.5. The fraction of sp³-hybridized carbons (Fsp3) is 0.318. The summed E-state index contributed by atoms with van der Waals surface area (Å²) in [6, 6.07) is 7.08. The van der Waals surface area contributed by atoms with Gasteiger partial charge in [-0.15, -0.1) is 0 Å². The van der Waals surface area contributed by atoms with Crippen molar-refractivity contribution in [2.45, 2.75) is 31.8 Å². The van der Waals surface area contributed by atoms with Crippen LogP contribution in [0.25, 0.3) is 0 Å². The molecule has 1 aromatic carbocycles. The summed E-state index contributed by atoms with van der Waals surface area (Å²) in [5.74, 6) is -1.35. The summed E-state index contributed by atoms with van der Waals surface area (Å²) in [5, 5.41) is 10.8. The number of amides is 1. The van der Waals surface area contributed by atoms with Gasteiger partial charge in [0.25, 0.3) is 0 Å². The lowest BCUT2D eigenvalue weighted by Gasteiger charge is -2.29. The zero-order valence-corrected chi connectivity index (χ0v) is 18.3. The van der Waals surface area contributed by atoms with Crippen LogP contribution in [0.3, 0.4) is 0 Å². The fourth-order valence-corrected chi connectivity index (χ4v) is 3.31. The van der Waals surface area contributed by atoms with E-state index in [1.165, 1.54) is 18.5 Å². The molecular weight excluding hydrogens is 444 g/mol. The molecule has 1 aliphatic rings. The lowest BCUT2D eigenvalue weighted by atomic mass is 10.1. The summed E-state index contributed by atoms with van der Waals surface area (Å²) in [5.41, 5.74) is 14.5. The number of rotatable bonds is 12. The van der Waals surface area contributed by atoms with E-state index in [2.05, 4.69) is 15.4 Å². The van der Waals surface area contributed by atoms with Crippen molar-refractivity contribution in [2.75, 3.05) is 13.3 Å². The number of carbonyl (C=O) groups excluding carboxylic acids is 2. The van der Waals surface area contributed by atoms with Crippen LogP contribution in [-0.4, -0.2) is 58.1 Å². The van der Waals surface area contributed by atoms with Gasteiger partial charge in [-0.05, 0) is 42.7 Å². The SMILES string of the molecule is NC(N)=NCCC[C@@H](C(=O)O)N(NCc1ccc2c(c1)OCO2)C(=O)CC(=O)c1cccnc1. The van der Waals surface area contributed by atoms with Crippen LogP contribution in [0.5, 0.6) is 11.5 Å². The Morgan fingerprint density at radius 2 is 2.00 bits per heavy atom. The van der Waals surface area contributed by atoms with Gasteiger partial charge in [0.1, 0.15) is 6.04 Å². The van der Waals surface area contributed by atoms with Gasteiger partial charge in [-0.1, -0.05) is 6.07 Å². The fourth-order valence-electron chi connectivity index (χ4n) is 3.31. The number of carboxylic acid groups (broad SMARTS) is 1. The summed E-state index contributed by atoms with van der Waals surface area (Å²) >= 11 is 0. The molecule has 0 unspecified atom stereocenters. The lowest BCUT2D eigenvalue weighted by Crippen LogP contribution is -2.53. The third kappa shape index (κ3) is 6.65. The molecule has 0 bridgehead atoms. The summed E-state index contributed by atoms with van der Waals surface area (Å²) in [7, 11) is 0. The molecule has 1 amide bonds. The van der Waals surface area contributed by atoms with E-state index in [1.807, 2.05) is 0 Å². The van der Waals surface area contributed by atoms with Crippen LogP contribution in [0.4, 0.5) is 0 Å². The third-order valence-electron chi connectivity index (χ3n) is 4.98. The molecule has 12 heteroatoms. The van der Waals surface area contributed by atoms with Crippen molar-refractivity contribution in [1.29, 1.82) is 0 Å². The molecule has 0 aliphatic carbocycles. The number of aliphatic carboxylic acids is 1. The second-order valence-corrected chi connectivity index (χ2v) is 7.43. The molecule has 180 valence electrons. The van der Waals surface area contributed by atoms with E-state index in [0.29, 0.717) is 17.9 Å². The Labute approximate surface area is 195 Å². The van der Waals surface area contributed by atoms with E-state index < -0.39 is 30.1 Å². The number of nitrogens with two attached hydrogens (primary N) is 2. The lowest BCUT2D eigenvalue weighted by molar-refractivity contribution is -0.153. The van der Waals surface area contributed by atoms with Gasteiger partial charge in [0.2, 0.25) is 12.7 Å². The number of benzene rings is 1. The van der Waals surface area contributed by atoms with Gasteiger partial charge in [0.05, 0.1) is 6.42 Å². The Balaban J connectivity index is 1.75. The number of ketones is 1. The Kier molecular flexibility index (Phi) is 8.35. The maximum atomic E-state index is 13.1. The number of nitrogens with zero attached hydrogens (tertiary/aromatic N) is 3. The highest BCUT2D eigenvalue weighted by atomic mass is 16.7. The molecule has 0 spiro atoms. The summed E-state index contributed by atoms with van der Waals surface area (Å²) in [6.45, 7) is 0.427. The summed E-state index contributed by atoms with van der Waals surface area (Å²) < 4.78 is 10.6. The summed E-state index contributed by atoms with van der Waals surface area (Å²) in [4.78, 5) is 45.4. The first-order chi connectivity index (χ1) is 16.3. The maximum Gasteiger partial charge on any atom is 0.328 e. The minimum Gasteiger partial charge on any atom is -0.480 e.